The van der Waals surface area contributed by atoms with Gasteiger partial charge in [0.25, 0.3) is 0 Å². The molecule has 0 saturated carbocycles. The van der Waals surface area contributed by atoms with Crippen LogP contribution in [-0.2, 0) is 15.1 Å². The van der Waals surface area contributed by atoms with Gasteiger partial charge >= 0.3 is 6.18 Å². The van der Waals surface area contributed by atoms with E-state index < -0.39 is 29.6 Å². The lowest BCUT2D eigenvalue weighted by molar-refractivity contribution is -0.264. The van der Waals surface area contributed by atoms with Crippen molar-refractivity contribution in [3.63, 3.8) is 0 Å². The van der Waals surface area contributed by atoms with Crippen molar-refractivity contribution in [1.82, 2.24) is 5.32 Å². The Bertz CT molecular complexity index is 565. The Hall–Kier alpha value is -1.35. The number of halogens is 4. The van der Waals surface area contributed by atoms with Gasteiger partial charge in [-0.2, -0.15) is 13.2 Å². The number of ether oxygens (including phenoxy) is 1. The van der Waals surface area contributed by atoms with E-state index in [0.717, 1.165) is 0 Å². The number of amides is 1. The van der Waals surface area contributed by atoms with E-state index in [1.807, 2.05) is 0 Å². The van der Waals surface area contributed by atoms with Gasteiger partial charge in [0, 0.05) is 19.8 Å². The lowest BCUT2D eigenvalue weighted by atomic mass is 9.79. The van der Waals surface area contributed by atoms with Crippen molar-refractivity contribution < 1.29 is 27.8 Å². The smallest absolute Gasteiger partial charge is 0.381 e. The maximum atomic E-state index is 13.4. The van der Waals surface area contributed by atoms with Crippen molar-refractivity contribution >= 4 is 18.3 Å². The number of rotatable bonds is 5. The quantitative estimate of drug-likeness (QED) is 0.724. The molecular formula is C16H22ClF3N2O3. The molecule has 1 aliphatic rings. The molecule has 0 radical (unpaired) electrons. The molecule has 25 heavy (non-hydrogen) atoms. The van der Waals surface area contributed by atoms with Crippen LogP contribution in [0.3, 0.4) is 0 Å². The van der Waals surface area contributed by atoms with Crippen molar-refractivity contribution in [2.45, 2.75) is 24.6 Å². The fourth-order valence-corrected chi connectivity index (χ4v) is 2.76. The molecule has 0 aromatic heterocycles. The zero-order valence-corrected chi connectivity index (χ0v) is 14.3. The molecule has 1 aromatic rings. The summed E-state index contributed by atoms with van der Waals surface area (Å²) in [5.41, 5.74) is 1.23. The molecule has 1 aromatic carbocycles. The van der Waals surface area contributed by atoms with Gasteiger partial charge < -0.3 is 20.9 Å². The number of carbonyl (C=O) groups excluding carboxylic acids is 1. The number of benzene rings is 1. The zero-order valence-electron chi connectivity index (χ0n) is 13.5. The predicted molar refractivity (Wildman–Crippen MR) is 88.2 cm³/mol. The predicted octanol–water partition coefficient (Wildman–Crippen LogP) is 1.73. The molecule has 5 nitrogen and oxygen atoms in total. The molecule has 2 rings (SSSR count). The van der Waals surface area contributed by atoms with Crippen LogP contribution in [0.2, 0.25) is 0 Å². The van der Waals surface area contributed by atoms with Gasteiger partial charge in [0.2, 0.25) is 11.5 Å². The fraction of sp³-hybridized carbons (Fsp3) is 0.562. The summed E-state index contributed by atoms with van der Waals surface area (Å²) >= 11 is 0. The molecule has 1 saturated heterocycles. The number of nitrogens with one attached hydrogen (secondary N) is 1. The van der Waals surface area contributed by atoms with E-state index in [2.05, 4.69) is 5.32 Å². The summed E-state index contributed by atoms with van der Waals surface area (Å²) < 4.78 is 45.4. The highest BCUT2D eigenvalue weighted by molar-refractivity contribution is 5.85. The summed E-state index contributed by atoms with van der Waals surface area (Å²) in [5.74, 6) is -0.591. The minimum absolute atomic E-state index is 0. The zero-order chi connectivity index (χ0) is 17.8. The first-order valence-electron chi connectivity index (χ1n) is 7.66. The molecule has 0 aliphatic carbocycles. The minimum Gasteiger partial charge on any atom is -0.381 e. The van der Waals surface area contributed by atoms with E-state index in [9.17, 15) is 23.1 Å². The normalized spacial score (nSPS) is 19.4. The van der Waals surface area contributed by atoms with Gasteiger partial charge in [0.05, 0.1) is 12.0 Å². The number of nitrogens with two attached hydrogens (primary N) is 1. The van der Waals surface area contributed by atoms with Crippen LogP contribution in [0.25, 0.3) is 0 Å². The van der Waals surface area contributed by atoms with Crippen LogP contribution < -0.4 is 11.1 Å². The summed E-state index contributed by atoms with van der Waals surface area (Å²) in [6.07, 6.45) is -4.26. The van der Waals surface area contributed by atoms with E-state index in [-0.39, 0.29) is 24.5 Å². The van der Waals surface area contributed by atoms with E-state index in [1.165, 1.54) is 24.3 Å². The van der Waals surface area contributed by atoms with Crippen LogP contribution in [0.4, 0.5) is 13.2 Å². The second-order valence-corrected chi connectivity index (χ2v) is 6.00. The van der Waals surface area contributed by atoms with E-state index in [1.54, 1.807) is 6.07 Å². The molecule has 9 heteroatoms. The van der Waals surface area contributed by atoms with Crippen LogP contribution in [0, 0.1) is 5.41 Å². The van der Waals surface area contributed by atoms with Crippen molar-refractivity contribution in [3.05, 3.63) is 35.9 Å². The number of alkyl halides is 3. The Morgan fingerprint density at radius 3 is 2.28 bits per heavy atom. The second kappa shape index (κ2) is 8.35. The van der Waals surface area contributed by atoms with Crippen LogP contribution >= 0.6 is 12.4 Å². The summed E-state index contributed by atoms with van der Waals surface area (Å²) in [6, 6.07) is 6.69. The largest absolute Gasteiger partial charge is 0.423 e. The molecule has 1 heterocycles. The van der Waals surface area contributed by atoms with Gasteiger partial charge in [0.1, 0.15) is 0 Å². The highest BCUT2D eigenvalue weighted by Crippen LogP contribution is 2.39. The maximum Gasteiger partial charge on any atom is 0.423 e. The molecule has 0 spiro atoms. The maximum absolute atomic E-state index is 13.4. The molecule has 1 fully saturated rings. The summed E-state index contributed by atoms with van der Waals surface area (Å²) in [6.45, 7) is -0.306. The molecule has 1 aliphatic heterocycles. The van der Waals surface area contributed by atoms with Crippen LogP contribution in [0.15, 0.2) is 30.3 Å². The molecule has 1 amide bonds. The molecule has 1 atom stereocenters. The van der Waals surface area contributed by atoms with Crippen molar-refractivity contribution in [2.24, 2.45) is 11.1 Å². The van der Waals surface area contributed by atoms with Gasteiger partial charge in [-0.3, -0.25) is 4.79 Å². The van der Waals surface area contributed by atoms with E-state index in [0.29, 0.717) is 26.1 Å². The molecule has 142 valence electrons. The Balaban J connectivity index is 0.00000312. The first-order valence-corrected chi connectivity index (χ1v) is 7.66. The van der Waals surface area contributed by atoms with Crippen molar-refractivity contribution in [3.8, 4) is 0 Å². The fourth-order valence-electron chi connectivity index (χ4n) is 2.76. The topological polar surface area (TPSA) is 84.6 Å². The first-order chi connectivity index (χ1) is 11.3. The molecular weight excluding hydrogens is 361 g/mol. The van der Waals surface area contributed by atoms with Gasteiger partial charge in [-0.25, -0.2) is 0 Å². The number of carbonyl (C=O) groups is 1. The SMILES string of the molecule is Cl.NCC1(C(=O)NCC(O)(c2ccccc2)C(F)(F)F)CCOCC1. The standard InChI is InChI=1S/C16H21F3N2O3.ClH/c17-16(18,19)15(23,12-4-2-1-3-5-12)11-21-13(22)14(10-20)6-8-24-9-7-14;/h1-5,23H,6-11,20H2,(H,21,22);1H. The lowest BCUT2D eigenvalue weighted by Crippen LogP contribution is -2.55. The van der Waals surface area contributed by atoms with Crippen molar-refractivity contribution in [1.29, 1.82) is 0 Å². The Kier molecular flexibility index (Phi) is 7.25. The highest BCUT2D eigenvalue weighted by atomic mass is 35.5. The van der Waals surface area contributed by atoms with Gasteiger partial charge in [-0.15, -0.1) is 12.4 Å². The number of aliphatic hydroxyl groups is 1. The van der Waals surface area contributed by atoms with Gasteiger partial charge in [0.15, 0.2) is 0 Å². The average Bonchev–Trinajstić information content (AvgIpc) is 2.59. The average molecular weight is 383 g/mol. The lowest BCUT2D eigenvalue weighted by Gasteiger charge is -2.37. The molecule has 1 unspecified atom stereocenters. The van der Waals surface area contributed by atoms with Gasteiger partial charge in [-0.05, 0) is 18.4 Å². The second-order valence-electron chi connectivity index (χ2n) is 6.00. The minimum atomic E-state index is -4.94. The van der Waals surface area contributed by atoms with Crippen LogP contribution in [0.5, 0.6) is 0 Å². The van der Waals surface area contributed by atoms with Gasteiger partial charge in [-0.1, -0.05) is 30.3 Å². The van der Waals surface area contributed by atoms with E-state index in [4.69, 9.17) is 10.5 Å². The van der Waals surface area contributed by atoms with Crippen LogP contribution in [-0.4, -0.2) is 43.5 Å². The third-order valence-electron chi connectivity index (χ3n) is 4.55. The monoisotopic (exact) mass is 382 g/mol. The van der Waals surface area contributed by atoms with Crippen molar-refractivity contribution in [2.75, 3.05) is 26.3 Å². The Morgan fingerprint density at radius 2 is 1.80 bits per heavy atom. The third kappa shape index (κ3) is 4.44. The Morgan fingerprint density at radius 1 is 1.24 bits per heavy atom. The number of hydrogen-bond donors (Lipinski definition) is 3. The summed E-state index contributed by atoms with van der Waals surface area (Å²) in [5, 5.41) is 12.5. The third-order valence-corrected chi connectivity index (χ3v) is 4.55. The highest BCUT2D eigenvalue weighted by Gasteiger charge is 2.55. The van der Waals surface area contributed by atoms with E-state index >= 15 is 0 Å². The molecule has 4 N–H and O–H groups in total. The summed E-state index contributed by atoms with van der Waals surface area (Å²) in [7, 11) is 0. The summed E-state index contributed by atoms with van der Waals surface area (Å²) in [4.78, 5) is 12.4. The molecule has 0 bridgehead atoms. The first kappa shape index (κ1) is 21.7. The Labute approximate surface area is 150 Å². The van der Waals surface area contributed by atoms with Crippen LogP contribution in [0.1, 0.15) is 18.4 Å². The number of hydrogen-bond acceptors (Lipinski definition) is 4.